The van der Waals surface area contributed by atoms with Gasteiger partial charge in [-0.25, -0.2) is 18.6 Å². The Morgan fingerprint density at radius 1 is 1.22 bits per heavy atom. The Kier molecular flexibility index (Phi) is 5.56. The van der Waals surface area contributed by atoms with E-state index < -0.39 is 17.2 Å². The molecule has 0 saturated carbocycles. The van der Waals surface area contributed by atoms with Crippen LogP contribution in [0.2, 0.25) is 0 Å². The molecule has 0 spiro atoms. The standard InChI is InChI=1S/C24H28F2N4O2/c1-24(2,3)32-23(31)29(4)15-7-10-20-17(13-15)16-8-11-21(28-22(16)30(20)5)27-14-6-9-18(25)19(26)12-14/h6,8-9,11-12,15H,7,10,13H2,1-5H3,(H,27,28)/t15-/m1/s1. The Hall–Kier alpha value is -3.16. The Labute approximate surface area is 186 Å². The molecule has 32 heavy (non-hydrogen) atoms. The molecule has 1 aliphatic carbocycles. The fraction of sp³-hybridized carbons (Fsp3) is 0.417. The van der Waals surface area contributed by atoms with Crippen LogP contribution in [0.1, 0.15) is 38.4 Å². The van der Waals surface area contributed by atoms with Crippen molar-refractivity contribution in [2.75, 3.05) is 12.4 Å². The molecule has 1 N–H and O–H groups in total. The predicted octanol–water partition coefficient (Wildman–Crippen LogP) is 5.32. The van der Waals surface area contributed by atoms with Crippen LogP contribution in [0, 0.1) is 11.6 Å². The van der Waals surface area contributed by atoms with Gasteiger partial charge in [-0.2, -0.15) is 0 Å². The molecule has 6 nitrogen and oxygen atoms in total. The van der Waals surface area contributed by atoms with Crippen LogP contribution in [-0.4, -0.2) is 39.2 Å². The van der Waals surface area contributed by atoms with Crippen molar-refractivity contribution >= 4 is 28.6 Å². The van der Waals surface area contributed by atoms with Gasteiger partial charge in [0.25, 0.3) is 0 Å². The smallest absolute Gasteiger partial charge is 0.410 e. The van der Waals surface area contributed by atoms with Gasteiger partial charge in [-0.3, -0.25) is 0 Å². The maximum absolute atomic E-state index is 13.5. The first-order chi connectivity index (χ1) is 15.0. The first kappa shape index (κ1) is 22.0. The Morgan fingerprint density at radius 3 is 2.66 bits per heavy atom. The van der Waals surface area contributed by atoms with Crippen molar-refractivity contribution in [1.82, 2.24) is 14.5 Å². The van der Waals surface area contributed by atoms with Gasteiger partial charge in [0.05, 0.1) is 0 Å². The predicted molar refractivity (Wildman–Crippen MR) is 120 cm³/mol. The number of hydrogen-bond acceptors (Lipinski definition) is 4. The maximum Gasteiger partial charge on any atom is 0.410 e. The van der Waals surface area contributed by atoms with Gasteiger partial charge in [0.15, 0.2) is 11.6 Å². The molecule has 0 bridgehead atoms. The molecule has 0 saturated heterocycles. The minimum absolute atomic E-state index is 0.0444. The number of amides is 1. The summed E-state index contributed by atoms with van der Waals surface area (Å²) in [7, 11) is 3.77. The number of fused-ring (bicyclic) bond motifs is 3. The van der Waals surface area contributed by atoms with Crippen LogP contribution in [0.3, 0.4) is 0 Å². The highest BCUT2D eigenvalue weighted by Crippen LogP contribution is 2.33. The number of likely N-dealkylation sites (N-methyl/N-ethyl adjacent to an activating group) is 1. The third-order valence-corrected chi connectivity index (χ3v) is 5.85. The molecule has 0 fully saturated rings. The summed E-state index contributed by atoms with van der Waals surface area (Å²) in [4.78, 5) is 18.9. The third-order valence-electron chi connectivity index (χ3n) is 5.85. The average molecular weight is 443 g/mol. The summed E-state index contributed by atoms with van der Waals surface area (Å²) in [6, 6.07) is 7.51. The number of aryl methyl sites for hydroxylation is 1. The highest BCUT2D eigenvalue weighted by molar-refractivity contribution is 5.84. The zero-order valence-corrected chi connectivity index (χ0v) is 19.0. The summed E-state index contributed by atoms with van der Waals surface area (Å²) in [5.74, 6) is -1.26. The first-order valence-electron chi connectivity index (χ1n) is 10.7. The molecule has 1 aromatic carbocycles. The lowest BCUT2D eigenvalue weighted by molar-refractivity contribution is 0.0210. The lowest BCUT2D eigenvalue weighted by Gasteiger charge is -2.33. The van der Waals surface area contributed by atoms with Gasteiger partial charge in [-0.1, -0.05) is 0 Å². The highest BCUT2D eigenvalue weighted by Gasteiger charge is 2.31. The zero-order chi connectivity index (χ0) is 23.2. The third kappa shape index (κ3) is 4.26. The Bertz CT molecular complexity index is 1180. The van der Waals surface area contributed by atoms with Crippen molar-refractivity contribution in [1.29, 1.82) is 0 Å². The topological polar surface area (TPSA) is 59.4 Å². The second kappa shape index (κ2) is 8.07. The van der Waals surface area contributed by atoms with Crippen molar-refractivity contribution in [3.05, 3.63) is 53.2 Å². The molecule has 0 aliphatic heterocycles. The molecule has 4 rings (SSSR count). The number of carbonyl (C=O) groups excluding carboxylic acids is 1. The second-order valence-corrected chi connectivity index (χ2v) is 9.29. The fourth-order valence-corrected chi connectivity index (χ4v) is 4.22. The lowest BCUT2D eigenvalue weighted by Crippen LogP contribution is -2.43. The summed E-state index contributed by atoms with van der Waals surface area (Å²) in [5, 5.41) is 4.06. The lowest BCUT2D eigenvalue weighted by atomic mass is 9.91. The normalized spacial score (nSPS) is 16.0. The van der Waals surface area contributed by atoms with Crippen LogP contribution in [-0.2, 0) is 24.6 Å². The molecule has 0 unspecified atom stereocenters. The molecule has 2 heterocycles. The number of benzene rings is 1. The average Bonchev–Trinajstić information content (AvgIpc) is 3.00. The molecule has 2 aromatic heterocycles. The molecule has 170 valence electrons. The van der Waals surface area contributed by atoms with Crippen molar-refractivity contribution in [2.45, 2.75) is 51.7 Å². The summed E-state index contributed by atoms with van der Waals surface area (Å²) in [6.45, 7) is 5.58. The number of hydrogen-bond donors (Lipinski definition) is 1. The highest BCUT2D eigenvalue weighted by atomic mass is 19.2. The maximum atomic E-state index is 13.5. The van der Waals surface area contributed by atoms with Crippen molar-refractivity contribution in [3.63, 3.8) is 0 Å². The molecule has 1 amide bonds. The summed E-state index contributed by atoms with van der Waals surface area (Å²) >= 11 is 0. The quantitative estimate of drug-likeness (QED) is 0.597. The van der Waals surface area contributed by atoms with E-state index >= 15 is 0 Å². The number of ether oxygens (including phenoxy) is 1. The number of nitrogens with one attached hydrogen (secondary N) is 1. The number of aromatic nitrogens is 2. The van der Waals surface area contributed by atoms with Gasteiger partial charge >= 0.3 is 6.09 Å². The second-order valence-electron chi connectivity index (χ2n) is 9.29. The summed E-state index contributed by atoms with van der Waals surface area (Å²) < 4.78 is 34.3. The van der Waals surface area contributed by atoms with E-state index in [1.54, 1.807) is 11.9 Å². The van der Waals surface area contributed by atoms with Crippen LogP contribution >= 0.6 is 0 Å². The van der Waals surface area contributed by atoms with Gasteiger partial charge in [-0.15, -0.1) is 0 Å². The minimum atomic E-state index is -0.912. The van der Waals surface area contributed by atoms with E-state index in [0.717, 1.165) is 42.4 Å². The van der Waals surface area contributed by atoms with Crippen LogP contribution < -0.4 is 5.32 Å². The number of carbonyl (C=O) groups is 1. The fourth-order valence-electron chi connectivity index (χ4n) is 4.22. The van der Waals surface area contributed by atoms with Crippen LogP contribution in [0.25, 0.3) is 11.0 Å². The van der Waals surface area contributed by atoms with Gasteiger partial charge in [0.1, 0.15) is 17.1 Å². The van der Waals surface area contributed by atoms with E-state index in [-0.39, 0.29) is 12.1 Å². The molecule has 8 heteroatoms. The first-order valence-corrected chi connectivity index (χ1v) is 10.7. The van der Waals surface area contributed by atoms with E-state index in [0.29, 0.717) is 11.5 Å². The van der Waals surface area contributed by atoms with Crippen LogP contribution in [0.15, 0.2) is 30.3 Å². The van der Waals surface area contributed by atoms with Crippen LogP contribution in [0.4, 0.5) is 25.1 Å². The van der Waals surface area contributed by atoms with E-state index in [4.69, 9.17) is 9.72 Å². The molecule has 0 radical (unpaired) electrons. The van der Waals surface area contributed by atoms with E-state index in [1.165, 1.54) is 17.3 Å². The minimum Gasteiger partial charge on any atom is -0.444 e. The Morgan fingerprint density at radius 2 is 1.97 bits per heavy atom. The SMILES string of the molecule is CN(C(=O)OC(C)(C)C)[C@@H]1CCc2c(c3ccc(Nc4ccc(F)c(F)c4)nc3n2C)C1. The summed E-state index contributed by atoms with van der Waals surface area (Å²) in [5.41, 5.74) is 3.08. The number of rotatable bonds is 3. The number of pyridine rings is 1. The van der Waals surface area contributed by atoms with Gasteiger partial charge in [0, 0.05) is 43.0 Å². The number of nitrogens with zero attached hydrogens (tertiary/aromatic N) is 3. The van der Waals surface area contributed by atoms with Gasteiger partial charge in [-0.05, 0) is 69.9 Å². The summed E-state index contributed by atoms with van der Waals surface area (Å²) in [6.07, 6.45) is 2.07. The van der Waals surface area contributed by atoms with E-state index in [1.807, 2.05) is 40.0 Å². The number of anilines is 2. The van der Waals surface area contributed by atoms with Gasteiger partial charge in [0.2, 0.25) is 0 Å². The van der Waals surface area contributed by atoms with E-state index in [2.05, 4.69) is 9.88 Å². The van der Waals surface area contributed by atoms with Crippen molar-refractivity contribution in [2.24, 2.45) is 7.05 Å². The molecular weight excluding hydrogens is 414 g/mol. The molecular formula is C24H28F2N4O2. The largest absolute Gasteiger partial charge is 0.444 e. The molecule has 1 atom stereocenters. The van der Waals surface area contributed by atoms with E-state index in [9.17, 15) is 13.6 Å². The van der Waals surface area contributed by atoms with Gasteiger partial charge < -0.3 is 19.5 Å². The van der Waals surface area contributed by atoms with Crippen LogP contribution in [0.5, 0.6) is 0 Å². The molecule has 1 aliphatic rings. The monoisotopic (exact) mass is 442 g/mol. The number of halogens is 2. The zero-order valence-electron chi connectivity index (χ0n) is 19.0. The van der Waals surface area contributed by atoms with Crippen molar-refractivity contribution < 1.29 is 18.3 Å². The molecule has 3 aromatic rings. The Balaban J connectivity index is 1.59. The van der Waals surface area contributed by atoms with Crippen molar-refractivity contribution in [3.8, 4) is 0 Å².